The van der Waals surface area contributed by atoms with Gasteiger partial charge in [0.1, 0.15) is 5.82 Å². The van der Waals surface area contributed by atoms with Crippen LogP contribution in [0.1, 0.15) is 43.0 Å². The van der Waals surface area contributed by atoms with Crippen molar-refractivity contribution in [3.05, 3.63) is 35.4 Å². The highest BCUT2D eigenvalue weighted by Gasteiger charge is 2.19. The predicted octanol–water partition coefficient (Wildman–Crippen LogP) is 2.90. The molecular formula is C13H18ClN3O. The number of halogens is 1. The molecule has 0 aliphatic heterocycles. The SMILES string of the molecule is C=CCN(CC)C(=O)c1nc(C(C)C)ncc1Cl. The maximum absolute atomic E-state index is 12.3. The first-order chi connectivity index (χ1) is 8.51. The quantitative estimate of drug-likeness (QED) is 0.771. The normalized spacial score (nSPS) is 10.5. The van der Waals surface area contributed by atoms with Gasteiger partial charge in [0.05, 0.1) is 11.2 Å². The highest BCUT2D eigenvalue weighted by Crippen LogP contribution is 2.17. The number of aromatic nitrogens is 2. The van der Waals surface area contributed by atoms with Crippen LogP contribution in [0.5, 0.6) is 0 Å². The van der Waals surface area contributed by atoms with E-state index in [1.807, 2.05) is 20.8 Å². The fraction of sp³-hybridized carbons (Fsp3) is 0.462. The Bertz CT molecular complexity index is 446. The molecule has 0 aliphatic carbocycles. The molecular weight excluding hydrogens is 250 g/mol. The Morgan fingerprint density at radius 1 is 1.61 bits per heavy atom. The summed E-state index contributed by atoms with van der Waals surface area (Å²) in [6.07, 6.45) is 3.17. The second kappa shape index (κ2) is 6.50. The highest BCUT2D eigenvalue weighted by molar-refractivity contribution is 6.33. The van der Waals surface area contributed by atoms with Crippen LogP contribution in [0.3, 0.4) is 0 Å². The number of likely N-dealkylation sites (N-methyl/N-ethyl adjacent to an activating group) is 1. The number of amides is 1. The van der Waals surface area contributed by atoms with Crippen molar-refractivity contribution in [1.29, 1.82) is 0 Å². The molecule has 18 heavy (non-hydrogen) atoms. The molecule has 5 heteroatoms. The molecule has 0 unspecified atom stereocenters. The fourth-order valence-electron chi connectivity index (χ4n) is 1.47. The molecule has 0 radical (unpaired) electrons. The lowest BCUT2D eigenvalue weighted by molar-refractivity contribution is 0.0776. The van der Waals surface area contributed by atoms with Gasteiger partial charge in [0.25, 0.3) is 5.91 Å². The van der Waals surface area contributed by atoms with Crippen LogP contribution in [0.25, 0.3) is 0 Å². The molecule has 0 saturated heterocycles. The lowest BCUT2D eigenvalue weighted by Crippen LogP contribution is -2.32. The summed E-state index contributed by atoms with van der Waals surface area (Å²) < 4.78 is 0. The van der Waals surface area contributed by atoms with Gasteiger partial charge in [-0.05, 0) is 6.92 Å². The van der Waals surface area contributed by atoms with Crippen molar-refractivity contribution in [2.24, 2.45) is 0 Å². The molecule has 4 nitrogen and oxygen atoms in total. The van der Waals surface area contributed by atoms with Gasteiger partial charge in [0.2, 0.25) is 0 Å². The molecule has 0 aliphatic rings. The number of hydrogen-bond donors (Lipinski definition) is 0. The summed E-state index contributed by atoms with van der Waals surface area (Å²) >= 11 is 6.00. The van der Waals surface area contributed by atoms with Crippen LogP contribution in [0.15, 0.2) is 18.9 Å². The standard InChI is InChI=1S/C13H18ClN3O/c1-5-7-17(6-2)13(18)11-10(14)8-15-12(16-11)9(3)4/h5,8-9H,1,6-7H2,2-4H3. The first kappa shape index (κ1) is 14.6. The Balaban J connectivity index is 3.10. The molecule has 1 amide bonds. The second-order valence-corrected chi connectivity index (χ2v) is 4.62. The third-order valence-electron chi connectivity index (χ3n) is 2.50. The van der Waals surface area contributed by atoms with Crippen LogP contribution >= 0.6 is 11.6 Å². The van der Waals surface area contributed by atoms with Gasteiger partial charge in [-0.15, -0.1) is 6.58 Å². The van der Waals surface area contributed by atoms with E-state index < -0.39 is 0 Å². The number of carbonyl (C=O) groups excluding carboxylic acids is 1. The summed E-state index contributed by atoms with van der Waals surface area (Å²) in [4.78, 5) is 22.3. The smallest absolute Gasteiger partial charge is 0.274 e. The third kappa shape index (κ3) is 3.29. The van der Waals surface area contributed by atoms with E-state index >= 15 is 0 Å². The van der Waals surface area contributed by atoms with E-state index in [9.17, 15) is 4.79 Å². The number of rotatable bonds is 5. The summed E-state index contributed by atoms with van der Waals surface area (Å²) in [5.41, 5.74) is 0.263. The molecule has 1 aromatic heterocycles. The molecule has 1 heterocycles. The zero-order valence-electron chi connectivity index (χ0n) is 11.0. The van der Waals surface area contributed by atoms with Crippen molar-refractivity contribution >= 4 is 17.5 Å². The lowest BCUT2D eigenvalue weighted by Gasteiger charge is -2.19. The minimum Gasteiger partial charge on any atom is -0.334 e. The molecule has 0 spiro atoms. The van der Waals surface area contributed by atoms with Crippen molar-refractivity contribution in [2.75, 3.05) is 13.1 Å². The van der Waals surface area contributed by atoms with Gasteiger partial charge in [0.15, 0.2) is 5.69 Å². The van der Waals surface area contributed by atoms with E-state index in [-0.39, 0.29) is 22.5 Å². The van der Waals surface area contributed by atoms with Crippen LogP contribution in [-0.2, 0) is 0 Å². The summed E-state index contributed by atoms with van der Waals surface area (Å²) in [5.74, 6) is 0.590. The number of hydrogen-bond acceptors (Lipinski definition) is 3. The van der Waals surface area contributed by atoms with E-state index in [2.05, 4.69) is 16.5 Å². The number of carbonyl (C=O) groups is 1. The average Bonchev–Trinajstić information content (AvgIpc) is 2.35. The average molecular weight is 268 g/mol. The van der Waals surface area contributed by atoms with E-state index in [1.54, 1.807) is 11.0 Å². The molecule has 0 bridgehead atoms. The minimum absolute atomic E-state index is 0.156. The zero-order valence-corrected chi connectivity index (χ0v) is 11.7. The van der Waals surface area contributed by atoms with E-state index in [4.69, 9.17) is 11.6 Å². The van der Waals surface area contributed by atoms with Crippen LogP contribution in [-0.4, -0.2) is 33.9 Å². The van der Waals surface area contributed by atoms with Gasteiger partial charge in [-0.1, -0.05) is 31.5 Å². The molecule has 0 aromatic carbocycles. The van der Waals surface area contributed by atoms with Crippen LogP contribution in [0.4, 0.5) is 0 Å². The molecule has 98 valence electrons. The van der Waals surface area contributed by atoms with Gasteiger partial charge >= 0.3 is 0 Å². The molecule has 1 rings (SSSR count). The lowest BCUT2D eigenvalue weighted by atomic mass is 10.2. The highest BCUT2D eigenvalue weighted by atomic mass is 35.5. The van der Waals surface area contributed by atoms with Crippen LogP contribution < -0.4 is 0 Å². The fourth-order valence-corrected chi connectivity index (χ4v) is 1.64. The first-order valence-electron chi connectivity index (χ1n) is 5.93. The van der Waals surface area contributed by atoms with E-state index in [0.717, 1.165) is 0 Å². The number of nitrogens with zero attached hydrogens (tertiary/aromatic N) is 3. The van der Waals surface area contributed by atoms with E-state index in [1.165, 1.54) is 6.20 Å². The largest absolute Gasteiger partial charge is 0.334 e. The van der Waals surface area contributed by atoms with Gasteiger partial charge in [-0.3, -0.25) is 4.79 Å². The minimum atomic E-state index is -0.188. The Kier molecular flexibility index (Phi) is 5.28. The molecule has 0 saturated carbocycles. The van der Waals surface area contributed by atoms with Gasteiger partial charge < -0.3 is 4.90 Å². The summed E-state index contributed by atoms with van der Waals surface area (Å²) in [7, 11) is 0. The van der Waals surface area contributed by atoms with E-state index in [0.29, 0.717) is 18.9 Å². The zero-order chi connectivity index (χ0) is 13.7. The Morgan fingerprint density at radius 2 is 2.28 bits per heavy atom. The third-order valence-corrected chi connectivity index (χ3v) is 2.78. The topological polar surface area (TPSA) is 46.1 Å². The Morgan fingerprint density at radius 3 is 2.78 bits per heavy atom. The molecule has 0 atom stereocenters. The van der Waals surface area contributed by atoms with Gasteiger partial charge in [-0.25, -0.2) is 9.97 Å². The summed E-state index contributed by atoms with van der Waals surface area (Å²) in [5, 5.41) is 0.284. The molecule has 1 aromatic rings. The van der Waals surface area contributed by atoms with Crippen molar-refractivity contribution in [3.63, 3.8) is 0 Å². The molecule has 0 fully saturated rings. The first-order valence-corrected chi connectivity index (χ1v) is 6.31. The van der Waals surface area contributed by atoms with Crippen molar-refractivity contribution in [2.45, 2.75) is 26.7 Å². The monoisotopic (exact) mass is 267 g/mol. The van der Waals surface area contributed by atoms with Gasteiger partial charge in [0, 0.05) is 19.0 Å². The van der Waals surface area contributed by atoms with Gasteiger partial charge in [-0.2, -0.15) is 0 Å². The Hall–Kier alpha value is -1.42. The second-order valence-electron chi connectivity index (χ2n) is 4.21. The maximum atomic E-state index is 12.3. The Labute approximate surface area is 113 Å². The van der Waals surface area contributed by atoms with Crippen molar-refractivity contribution in [3.8, 4) is 0 Å². The molecule has 0 N–H and O–H groups in total. The summed E-state index contributed by atoms with van der Waals surface area (Å²) in [6.45, 7) is 10.5. The van der Waals surface area contributed by atoms with Crippen molar-refractivity contribution in [1.82, 2.24) is 14.9 Å². The predicted molar refractivity (Wildman–Crippen MR) is 72.9 cm³/mol. The van der Waals surface area contributed by atoms with Crippen LogP contribution in [0, 0.1) is 0 Å². The maximum Gasteiger partial charge on any atom is 0.274 e. The summed E-state index contributed by atoms with van der Waals surface area (Å²) in [6, 6.07) is 0. The van der Waals surface area contributed by atoms with Crippen molar-refractivity contribution < 1.29 is 4.79 Å². The van der Waals surface area contributed by atoms with Crippen LogP contribution in [0.2, 0.25) is 5.02 Å².